The molecule has 31 heavy (non-hydrogen) atoms. The van der Waals surface area contributed by atoms with Crippen molar-refractivity contribution in [1.82, 2.24) is 9.55 Å². The molecule has 0 amide bonds. The summed E-state index contributed by atoms with van der Waals surface area (Å²) in [6.07, 6.45) is 1.96. The molecule has 0 unspecified atom stereocenters. The molecule has 0 fully saturated rings. The summed E-state index contributed by atoms with van der Waals surface area (Å²) in [4.78, 5) is 6.07. The van der Waals surface area contributed by atoms with E-state index in [1.54, 1.807) is 18.9 Å². The summed E-state index contributed by atoms with van der Waals surface area (Å²) in [5.41, 5.74) is 2.22. The fourth-order valence-electron chi connectivity index (χ4n) is 3.46. The van der Waals surface area contributed by atoms with E-state index in [2.05, 4.69) is 34.9 Å². The molecule has 0 atom stereocenters. The van der Waals surface area contributed by atoms with E-state index in [0.717, 1.165) is 53.0 Å². The van der Waals surface area contributed by atoms with Crippen LogP contribution in [0.4, 0.5) is 0 Å². The van der Waals surface area contributed by atoms with Gasteiger partial charge in [0.2, 0.25) is 0 Å². The molecule has 0 aliphatic heterocycles. The monoisotopic (exact) mass is 452 g/mol. The van der Waals surface area contributed by atoms with Crippen LogP contribution in [0.2, 0.25) is 5.02 Å². The van der Waals surface area contributed by atoms with Crippen LogP contribution in [0.15, 0.2) is 77.7 Å². The highest BCUT2D eigenvalue weighted by molar-refractivity contribution is 7.98. The molecule has 0 saturated carbocycles. The predicted octanol–water partition coefficient (Wildman–Crippen LogP) is 6.85. The molecule has 0 saturated heterocycles. The lowest BCUT2D eigenvalue weighted by Gasteiger charge is -2.12. The van der Waals surface area contributed by atoms with Gasteiger partial charge in [-0.3, -0.25) is 0 Å². The van der Waals surface area contributed by atoms with Crippen LogP contribution in [-0.4, -0.2) is 23.3 Å². The van der Waals surface area contributed by atoms with Gasteiger partial charge in [-0.2, -0.15) is 0 Å². The quantitative estimate of drug-likeness (QED) is 0.195. The van der Waals surface area contributed by atoms with Gasteiger partial charge in [0, 0.05) is 16.5 Å². The third-order valence-corrected chi connectivity index (χ3v) is 6.28. The van der Waals surface area contributed by atoms with Gasteiger partial charge in [-0.05, 0) is 61.4 Å². The third-order valence-electron chi connectivity index (χ3n) is 5.02. The Morgan fingerprint density at radius 3 is 2.45 bits per heavy atom. The number of nitrogens with zero attached hydrogens (tertiary/aromatic N) is 2. The molecule has 4 nitrogen and oxygen atoms in total. The number of para-hydroxylation sites is 4. The van der Waals surface area contributed by atoms with Gasteiger partial charge in [0.05, 0.1) is 30.5 Å². The Kier molecular flexibility index (Phi) is 7.39. The van der Waals surface area contributed by atoms with Crippen LogP contribution < -0.4 is 9.47 Å². The molecule has 0 radical (unpaired) electrons. The van der Waals surface area contributed by atoms with E-state index in [1.807, 2.05) is 42.5 Å². The number of aromatic nitrogens is 2. The van der Waals surface area contributed by atoms with Crippen molar-refractivity contribution in [2.24, 2.45) is 0 Å². The smallest absolute Gasteiger partial charge is 0.161 e. The average molecular weight is 453 g/mol. The molecular weight excluding hydrogens is 428 g/mol. The Morgan fingerprint density at radius 2 is 1.65 bits per heavy atom. The highest BCUT2D eigenvalue weighted by Gasteiger charge is 2.11. The van der Waals surface area contributed by atoms with Crippen LogP contribution in [-0.2, 0) is 12.3 Å². The van der Waals surface area contributed by atoms with Gasteiger partial charge in [0.15, 0.2) is 11.5 Å². The highest BCUT2D eigenvalue weighted by Crippen LogP contribution is 2.27. The number of benzene rings is 3. The Morgan fingerprint density at radius 1 is 0.903 bits per heavy atom. The fourth-order valence-corrected chi connectivity index (χ4v) is 4.43. The number of fused-ring (bicyclic) bond motifs is 1. The molecule has 0 aliphatic rings. The second kappa shape index (κ2) is 10.6. The van der Waals surface area contributed by atoms with Gasteiger partial charge in [0.1, 0.15) is 5.82 Å². The molecule has 6 heteroatoms. The first kappa shape index (κ1) is 21.6. The summed E-state index contributed by atoms with van der Waals surface area (Å²) >= 11 is 7.78. The SMILES string of the molecule is COc1ccccc1OCCCCn1c(CSc2ccc(Cl)cc2)nc2ccccc21. The zero-order chi connectivity index (χ0) is 21.5. The molecule has 1 heterocycles. The van der Waals surface area contributed by atoms with Gasteiger partial charge in [-0.1, -0.05) is 35.9 Å². The first-order valence-electron chi connectivity index (χ1n) is 10.3. The largest absolute Gasteiger partial charge is 0.493 e. The van der Waals surface area contributed by atoms with Crippen molar-refractivity contribution in [2.75, 3.05) is 13.7 Å². The van der Waals surface area contributed by atoms with Crippen LogP contribution in [0.25, 0.3) is 11.0 Å². The minimum absolute atomic E-state index is 0.655. The standard InChI is InChI=1S/C25H25ClN2O2S/c1-29-23-10-4-5-11-24(23)30-17-7-6-16-28-22-9-3-2-8-21(22)27-25(28)18-31-20-14-12-19(26)13-15-20/h2-5,8-15H,6-7,16-18H2,1H3. The minimum Gasteiger partial charge on any atom is -0.493 e. The van der Waals surface area contributed by atoms with Crippen molar-refractivity contribution in [3.63, 3.8) is 0 Å². The number of halogens is 1. The zero-order valence-corrected chi connectivity index (χ0v) is 19.0. The van der Waals surface area contributed by atoms with E-state index in [-0.39, 0.29) is 0 Å². The molecule has 0 spiro atoms. The second-order valence-corrected chi connectivity index (χ2v) is 8.60. The number of unbranched alkanes of at least 4 members (excludes halogenated alkanes) is 1. The molecule has 3 aromatic carbocycles. The van der Waals surface area contributed by atoms with Crippen molar-refractivity contribution in [3.05, 3.63) is 83.6 Å². The van der Waals surface area contributed by atoms with E-state index >= 15 is 0 Å². The van der Waals surface area contributed by atoms with Gasteiger partial charge in [-0.25, -0.2) is 4.98 Å². The normalized spacial score (nSPS) is 11.0. The number of imidazole rings is 1. The Hall–Kier alpha value is -2.63. The summed E-state index contributed by atoms with van der Waals surface area (Å²) in [5, 5.41) is 0.756. The Balaban J connectivity index is 1.38. The zero-order valence-electron chi connectivity index (χ0n) is 17.5. The Labute approximate surface area is 192 Å². The number of hydrogen-bond acceptors (Lipinski definition) is 4. The van der Waals surface area contributed by atoms with Gasteiger partial charge in [-0.15, -0.1) is 11.8 Å². The number of methoxy groups -OCH3 is 1. The first-order chi connectivity index (χ1) is 15.2. The fraction of sp³-hybridized carbons (Fsp3) is 0.240. The van der Waals surface area contributed by atoms with E-state index < -0.39 is 0 Å². The van der Waals surface area contributed by atoms with Crippen LogP contribution in [0.1, 0.15) is 18.7 Å². The molecule has 4 rings (SSSR count). The maximum atomic E-state index is 6.00. The van der Waals surface area contributed by atoms with Gasteiger partial charge in [0.25, 0.3) is 0 Å². The molecule has 1 aromatic heterocycles. The maximum absolute atomic E-state index is 6.00. The molecule has 0 aliphatic carbocycles. The molecule has 4 aromatic rings. The first-order valence-corrected chi connectivity index (χ1v) is 11.7. The molecule has 0 bridgehead atoms. The summed E-state index contributed by atoms with van der Waals surface area (Å²) in [6.45, 7) is 1.56. The summed E-state index contributed by atoms with van der Waals surface area (Å²) in [5.74, 6) is 3.46. The van der Waals surface area contributed by atoms with E-state index in [1.165, 1.54) is 10.4 Å². The second-order valence-electron chi connectivity index (χ2n) is 7.12. The number of rotatable bonds is 10. The lowest BCUT2D eigenvalue weighted by molar-refractivity contribution is 0.284. The van der Waals surface area contributed by atoms with Crippen molar-refractivity contribution in [2.45, 2.75) is 30.0 Å². The van der Waals surface area contributed by atoms with E-state index in [0.29, 0.717) is 6.61 Å². The molecular formula is C25H25ClN2O2S. The summed E-state index contributed by atoms with van der Waals surface area (Å²) in [7, 11) is 1.66. The lowest BCUT2D eigenvalue weighted by Crippen LogP contribution is -2.06. The van der Waals surface area contributed by atoms with Crippen LogP contribution in [0.3, 0.4) is 0 Å². The van der Waals surface area contributed by atoms with Gasteiger partial charge >= 0.3 is 0 Å². The molecule has 160 valence electrons. The number of thioether (sulfide) groups is 1. The van der Waals surface area contributed by atoms with Crippen molar-refractivity contribution in [1.29, 1.82) is 0 Å². The molecule has 0 N–H and O–H groups in total. The highest BCUT2D eigenvalue weighted by atomic mass is 35.5. The Bertz CT molecular complexity index is 1130. The lowest BCUT2D eigenvalue weighted by atomic mass is 10.3. The van der Waals surface area contributed by atoms with Gasteiger partial charge < -0.3 is 14.0 Å². The predicted molar refractivity (Wildman–Crippen MR) is 128 cm³/mol. The van der Waals surface area contributed by atoms with E-state index in [9.17, 15) is 0 Å². The topological polar surface area (TPSA) is 36.3 Å². The van der Waals surface area contributed by atoms with Crippen molar-refractivity contribution in [3.8, 4) is 11.5 Å². The minimum atomic E-state index is 0.655. The van der Waals surface area contributed by atoms with Crippen LogP contribution in [0.5, 0.6) is 11.5 Å². The van der Waals surface area contributed by atoms with Crippen molar-refractivity contribution < 1.29 is 9.47 Å². The van der Waals surface area contributed by atoms with Crippen molar-refractivity contribution >= 4 is 34.4 Å². The third kappa shape index (κ3) is 5.54. The summed E-state index contributed by atoms with van der Waals surface area (Å²) in [6, 6.07) is 24.0. The van der Waals surface area contributed by atoms with Crippen LogP contribution in [0, 0.1) is 0 Å². The average Bonchev–Trinajstić information content (AvgIpc) is 3.16. The number of hydrogen-bond donors (Lipinski definition) is 0. The summed E-state index contributed by atoms with van der Waals surface area (Å²) < 4.78 is 13.6. The van der Waals surface area contributed by atoms with Crippen LogP contribution >= 0.6 is 23.4 Å². The maximum Gasteiger partial charge on any atom is 0.161 e. The van der Waals surface area contributed by atoms with E-state index in [4.69, 9.17) is 26.1 Å². The number of aryl methyl sites for hydroxylation is 1. The number of ether oxygens (including phenoxy) is 2.